The average Bonchev–Trinajstić information content (AvgIpc) is 2.84. The first-order chi connectivity index (χ1) is 9.97. The summed E-state index contributed by atoms with van der Waals surface area (Å²) in [5, 5.41) is 0. The summed E-state index contributed by atoms with van der Waals surface area (Å²) in [5.74, 6) is 0.135. The number of carbonyl (C=O) groups is 2. The highest BCUT2D eigenvalue weighted by Crippen LogP contribution is 2.26. The Bertz CT molecular complexity index is 413. The van der Waals surface area contributed by atoms with Crippen LogP contribution >= 0.6 is 0 Å². The molecule has 1 aliphatic heterocycles. The standard InChI is InChI=1S/C17H33N3O2/c1-16(2,3)10-14(21)20-9-7-8-13(20)15(22)19(6)12-17(4,5)11-18/h13H,7-12,18H2,1-6H3. The van der Waals surface area contributed by atoms with Crippen LogP contribution in [0.15, 0.2) is 0 Å². The van der Waals surface area contributed by atoms with Gasteiger partial charge in [0.2, 0.25) is 11.8 Å². The van der Waals surface area contributed by atoms with Gasteiger partial charge in [0, 0.05) is 26.6 Å². The molecule has 1 rings (SSSR count). The van der Waals surface area contributed by atoms with Crippen LogP contribution in [0.1, 0.15) is 53.9 Å². The summed E-state index contributed by atoms with van der Waals surface area (Å²) in [4.78, 5) is 28.7. The van der Waals surface area contributed by atoms with Crippen LogP contribution in [0.5, 0.6) is 0 Å². The first-order valence-electron chi connectivity index (χ1n) is 8.21. The van der Waals surface area contributed by atoms with E-state index in [1.807, 2.05) is 41.7 Å². The molecule has 5 heteroatoms. The van der Waals surface area contributed by atoms with Gasteiger partial charge in [-0.25, -0.2) is 0 Å². The van der Waals surface area contributed by atoms with Gasteiger partial charge in [-0.15, -0.1) is 0 Å². The maximum Gasteiger partial charge on any atom is 0.245 e. The van der Waals surface area contributed by atoms with E-state index in [9.17, 15) is 9.59 Å². The van der Waals surface area contributed by atoms with Crippen LogP contribution in [-0.2, 0) is 9.59 Å². The lowest BCUT2D eigenvalue weighted by atomic mass is 9.91. The van der Waals surface area contributed by atoms with Crippen LogP contribution in [0.4, 0.5) is 0 Å². The second-order valence-corrected chi connectivity index (χ2v) is 8.55. The van der Waals surface area contributed by atoms with Gasteiger partial charge < -0.3 is 15.5 Å². The van der Waals surface area contributed by atoms with Gasteiger partial charge in [-0.2, -0.15) is 0 Å². The number of likely N-dealkylation sites (tertiary alicyclic amines) is 1. The molecular formula is C17H33N3O2. The fourth-order valence-corrected chi connectivity index (χ4v) is 2.92. The monoisotopic (exact) mass is 311 g/mol. The van der Waals surface area contributed by atoms with E-state index in [-0.39, 0.29) is 28.7 Å². The minimum atomic E-state index is -0.298. The van der Waals surface area contributed by atoms with Gasteiger partial charge in [0.25, 0.3) is 0 Å². The maximum absolute atomic E-state index is 12.7. The third-order valence-electron chi connectivity index (χ3n) is 4.13. The molecule has 0 aromatic carbocycles. The number of nitrogens with zero attached hydrogens (tertiary/aromatic N) is 2. The van der Waals surface area contributed by atoms with Crippen molar-refractivity contribution in [2.45, 2.75) is 59.9 Å². The molecule has 1 heterocycles. The lowest BCUT2D eigenvalue weighted by molar-refractivity contribution is -0.144. The molecule has 0 spiro atoms. The zero-order valence-electron chi connectivity index (χ0n) is 15.1. The molecule has 2 N–H and O–H groups in total. The van der Waals surface area contributed by atoms with Crippen molar-refractivity contribution in [3.05, 3.63) is 0 Å². The van der Waals surface area contributed by atoms with E-state index < -0.39 is 0 Å². The molecule has 0 aromatic heterocycles. The Kier molecular flexibility index (Phi) is 6.02. The summed E-state index contributed by atoms with van der Waals surface area (Å²) < 4.78 is 0. The van der Waals surface area contributed by atoms with Crippen molar-refractivity contribution < 1.29 is 9.59 Å². The highest BCUT2D eigenvalue weighted by molar-refractivity contribution is 5.88. The van der Waals surface area contributed by atoms with Crippen molar-refractivity contribution in [2.24, 2.45) is 16.6 Å². The second kappa shape index (κ2) is 6.99. The van der Waals surface area contributed by atoms with Gasteiger partial charge in [-0.3, -0.25) is 9.59 Å². The SMILES string of the molecule is CN(CC(C)(C)CN)C(=O)C1CCCN1C(=O)CC(C)(C)C. The Labute approximate surface area is 135 Å². The molecule has 2 amide bonds. The van der Waals surface area contributed by atoms with E-state index in [1.165, 1.54) is 0 Å². The zero-order valence-corrected chi connectivity index (χ0v) is 15.1. The molecule has 0 aliphatic carbocycles. The van der Waals surface area contributed by atoms with Crippen molar-refractivity contribution >= 4 is 11.8 Å². The molecule has 1 fully saturated rings. The molecule has 0 saturated carbocycles. The van der Waals surface area contributed by atoms with Gasteiger partial charge in [-0.1, -0.05) is 34.6 Å². The summed E-state index contributed by atoms with van der Waals surface area (Å²) >= 11 is 0. The normalized spacial score (nSPS) is 19.4. The third-order valence-corrected chi connectivity index (χ3v) is 4.13. The molecule has 0 aromatic rings. The van der Waals surface area contributed by atoms with E-state index in [0.717, 1.165) is 12.8 Å². The Balaban J connectivity index is 2.73. The van der Waals surface area contributed by atoms with Crippen molar-refractivity contribution in [1.82, 2.24) is 9.80 Å². The number of hydrogen-bond acceptors (Lipinski definition) is 3. The minimum absolute atomic E-state index is 0.0429. The summed E-state index contributed by atoms with van der Waals surface area (Å²) in [7, 11) is 1.81. The van der Waals surface area contributed by atoms with Gasteiger partial charge in [0.05, 0.1) is 0 Å². The Hall–Kier alpha value is -1.10. The number of rotatable bonds is 5. The van der Waals surface area contributed by atoms with Crippen molar-refractivity contribution in [1.29, 1.82) is 0 Å². The molecule has 22 heavy (non-hydrogen) atoms. The zero-order chi connectivity index (χ0) is 17.1. The highest BCUT2D eigenvalue weighted by atomic mass is 16.2. The van der Waals surface area contributed by atoms with E-state index in [0.29, 0.717) is 26.1 Å². The van der Waals surface area contributed by atoms with Crippen LogP contribution in [0.2, 0.25) is 0 Å². The summed E-state index contributed by atoms with van der Waals surface area (Å²) in [6, 6.07) is -0.298. The average molecular weight is 311 g/mol. The predicted molar refractivity (Wildman–Crippen MR) is 89.3 cm³/mol. The van der Waals surface area contributed by atoms with E-state index in [1.54, 1.807) is 9.80 Å². The molecule has 1 unspecified atom stereocenters. The summed E-state index contributed by atoms with van der Waals surface area (Å²) in [6.45, 7) is 12.1. The highest BCUT2D eigenvalue weighted by Gasteiger charge is 2.37. The minimum Gasteiger partial charge on any atom is -0.343 e. The van der Waals surface area contributed by atoms with Crippen molar-refractivity contribution in [3.8, 4) is 0 Å². The Morgan fingerprint density at radius 2 is 1.82 bits per heavy atom. The quantitative estimate of drug-likeness (QED) is 0.842. The van der Waals surface area contributed by atoms with Gasteiger partial charge in [0.1, 0.15) is 6.04 Å². The third kappa shape index (κ3) is 5.27. The van der Waals surface area contributed by atoms with Crippen LogP contribution in [-0.4, -0.2) is 54.3 Å². The molecule has 0 bridgehead atoms. The number of carbonyl (C=O) groups excluding carboxylic acids is 2. The summed E-state index contributed by atoms with van der Waals surface area (Å²) in [5.41, 5.74) is 5.59. The van der Waals surface area contributed by atoms with Crippen molar-refractivity contribution in [2.75, 3.05) is 26.7 Å². The smallest absolute Gasteiger partial charge is 0.245 e. The lowest BCUT2D eigenvalue weighted by Gasteiger charge is -2.33. The van der Waals surface area contributed by atoms with Crippen LogP contribution < -0.4 is 5.73 Å². The first-order valence-corrected chi connectivity index (χ1v) is 8.21. The molecule has 128 valence electrons. The molecular weight excluding hydrogens is 278 g/mol. The fraction of sp³-hybridized carbons (Fsp3) is 0.882. The number of likely N-dealkylation sites (N-methyl/N-ethyl adjacent to an activating group) is 1. The largest absolute Gasteiger partial charge is 0.343 e. The maximum atomic E-state index is 12.7. The first kappa shape index (κ1) is 18.9. The van der Waals surface area contributed by atoms with Gasteiger partial charge in [0.15, 0.2) is 0 Å². The van der Waals surface area contributed by atoms with E-state index >= 15 is 0 Å². The number of hydrogen-bond donors (Lipinski definition) is 1. The Morgan fingerprint density at radius 1 is 1.23 bits per heavy atom. The van der Waals surface area contributed by atoms with E-state index in [2.05, 4.69) is 0 Å². The number of nitrogens with two attached hydrogens (primary N) is 1. The second-order valence-electron chi connectivity index (χ2n) is 8.55. The van der Waals surface area contributed by atoms with Crippen molar-refractivity contribution in [3.63, 3.8) is 0 Å². The molecule has 1 saturated heterocycles. The predicted octanol–water partition coefficient (Wildman–Crippen LogP) is 1.86. The number of amides is 2. The Morgan fingerprint density at radius 3 is 2.32 bits per heavy atom. The van der Waals surface area contributed by atoms with Crippen LogP contribution in [0.25, 0.3) is 0 Å². The molecule has 5 nitrogen and oxygen atoms in total. The molecule has 1 aliphatic rings. The lowest BCUT2D eigenvalue weighted by Crippen LogP contribution is -2.49. The van der Waals surface area contributed by atoms with Crippen LogP contribution in [0, 0.1) is 10.8 Å². The molecule has 0 radical (unpaired) electrons. The molecule has 1 atom stereocenters. The van der Waals surface area contributed by atoms with E-state index in [4.69, 9.17) is 5.73 Å². The summed E-state index contributed by atoms with van der Waals surface area (Å²) in [6.07, 6.45) is 2.15. The van der Waals surface area contributed by atoms with Crippen LogP contribution in [0.3, 0.4) is 0 Å². The topological polar surface area (TPSA) is 66.6 Å². The fourth-order valence-electron chi connectivity index (χ4n) is 2.92. The van der Waals surface area contributed by atoms with Gasteiger partial charge in [-0.05, 0) is 30.2 Å². The van der Waals surface area contributed by atoms with Gasteiger partial charge >= 0.3 is 0 Å².